The van der Waals surface area contributed by atoms with Gasteiger partial charge in [0.15, 0.2) is 0 Å². The summed E-state index contributed by atoms with van der Waals surface area (Å²) in [5.41, 5.74) is 0.161. The molecule has 1 aromatic carbocycles. The predicted molar refractivity (Wildman–Crippen MR) is 66.8 cm³/mol. The van der Waals surface area contributed by atoms with Gasteiger partial charge >= 0.3 is 5.97 Å². The zero-order valence-electron chi connectivity index (χ0n) is 10.5. The number of aromatic carboxylic acids is 1. The van der Waals surface area contributed by atoms with E-state index in [-0.39, 0.29) is 17.2 Å². The number of hydrogen-bond donors (Lipinski definition) is 2. The number of nitrogens with one attached hydrogen (secondary N) is 1. The molecule has 0 aliphatic heterocycles. The molecule has 18 heavy (non-hydrogen) atoms. The van der Waals surface area contributed by atoms with Crippen molar-refractivity contribution in [3.63, 3.8) is 0 Å². The minimum absolute atomic E-state index is 0.000206. The van der Waals surface area contributed by atoms with Gasteiger partial charge in [0.25, 0.3) is 5.91 Å². The summed E-state index contributed by atoms with van der Waals surface area (Å²) >= 11 is 0. The molecule has 0 unspecified atom stereocenters. The van der Waals surface area contributed by atoms with Crippen LogP contribution >= 0.6 is 0 Å². The van der Waals surface area contributed by atoms with Crippen LogP contribution in [0.15, 0.2) is 24.3 Å². The van der Waals surface area contributed by atoms with E-state index in [0.717, 1.165) is 0 Å². The summed E-state index contributed by atoms with van der Waals surface area (Å²) in [5, 5.41) is 11.6. The van der Waals surface area contributed by atoms with Crippen LogP contribution in [0.4, 0.5) is 0 Å². The summed E-state index contributed by atoms with van der Waals surface area (Å²) in [4.78, 5) is 22.7. The lowest BCUT2D eigenvalue weighted by atomic mass is 10.1. The number of carboxylic acid groups (broad SMARTS) is 1. The molecule has 0 saturated heterocycles. The van der Waals surface area contributed by atoms with Crippen molar-refractivity contribution in [2.24, 2.45) is 0 Å². The number of rotatable bonds is 6. The monoisotopic (exact) mass is 251 g/mol. The Hall–Kier alpha value is -1.88. The molecule has 0 atom stereocenters. The van der Waals surface area contributed by atoms with E-state index in [9.17, 15) is 9.59 Å². The van der Waals surface area contributed by atoms with Crippen LogP contribution < -0.4 is 5.32 Å². The Kier molecular flexibility index (Phi) is 5.32. The minimum Gasteiger partial charge on any atom is -0.478 e. The Labute approximate surface area is 106 Å². The van der Waals surface area contributed by atoms with Crippen LogP contribution in [-0.4, -0.2) is 36.2 Å². The molecule has 0 spiro atoms. The average molecular weight is 251 g/mol. The largest absolute Gasteiger partial charge is 0.478 e. The smallest absolute Gasteiger partial charge is 0.336 e. The average Bonchev–Trinajstić information content (AvgIpc) is 2.34. The van der Waals surface area contributed by atoms with Gasteiger partial charge in [-0.15, -0.1) is 0 Å². The Morgan fingerprint density at radius 1 is 1.28 bits per heavy atom. The van der Waals surface area contributed by atoms with Gasteiger partial charge in [0.1, 0.15) is 0 Å². The summed E-state index contributed by atoms with van der Waals surface area (Å²) in [6.45, 7) is 4.56. The third-order valence-corrected chi connectivity index (χ3v) is 2.24. The van der Waals surface area contributed by atoms with Gasteiger partial charge in [-0.3, -0.25) is 4.79 Å². The van der Waals surface area contributed by atoms with Crippen molar-refractivity contribution >= 4 is 11.9 Å². The third kappa shape index (κ3) is 4.18. The first-order valence-electron chi connectivity index (χ1n) is 5.74. The third-order valence-electron chi connectivity index (χ3n) is 2.24. The predicted octanol–water partition coefficient (Wildman–Crippen LogP) is 1.54. The molecule has 0 bridgehead atoms. The van der Waals surface area contributed by atoms with Crippen molar-refractivity contribution in [1.82, 2.24) is 5.32 Å². The zero-order valence-corrected chi connectivity index (χ0v) is 10.5. The van der Waals surface area contributed by atoms with E-state index >= 15 is 0 Å². The van der Waals surface area contributed by atoms with Crippen molar-refractivity contribution in [2.75, 3.05) is 13.2 Å². The van der Waals surface area contributed by atoms with Crippen molar-refractivity contribution in [1.29, 1.82) is 0 Å². The molecule has 1 rings (SSSR count). The summed E-state index contributed by atoms with van der Waals surface area (Å²) < 4.78 is 5.27. The Morgan fingerprint density at radius 3 is 2.44 bits per heavy atom. The van der Waals surface area contributed by atoms with E-state index in [2.05, 4.69) is 5.32 Å². The van der Waals surface area contributed by atoms with Crippen molar-refractivity contribution in [3.8, 4) is 0 Å². The van der Waals surface area contributed by atoms with Gasteiger partial charge in [-0.25, -0.2) is 4.79 Å². The van der Waals surface area contributed by atoms with E-state index in [1.165, 1.54) is 12.1 Å². The molecular weight excluding hydrogens is 234 g/mol. The van der Waals surface area contributed by atoms with Crippen LogP contribution in [0.2, 0.25) is 0 Å². The lowest BCUT2D eigenvalue weighted by Crippen LogP contribution is -2.29. The SMILES string of the molecule is CC(C)OCCNC(=O)c1ccccc1C(=O)O. The number of carbonyl (C=O) groups excluding carboxylic acids is 1. The van der Waals surface area contributed by atoms with Gasteiger partial charge in [0.05, 0.1) is 23.8 Å². The topological polar surface area (TPSA) is 75.6 Å². The first-order chi connectivity index (χ1) is 8.52. The number of benzene rings is 1. The fourth-order valence-electron chi connectivity index (χ4n) is 1.42. The minimum atomic E-state index is -1.11. The van der Waals surface area contributed by atoms with Crippen LogP contribution in [0.3, 0.4) is 0 Å². The molecule has 5 heteroatoms. The van der Waals surface area contributed by atoms with Crippen LogP contribution in [0.25, 0.3) is 0 Å². The quantitative estimate of drug-likeness (QED) is 0.752. The number of carbonyl (C=O) groups is 2. The van der Waals surface area contributed by atoms with E-state index < -0.39 is 11.9 Å². The molecular formula is C13H17NO4. The van der Waals surface area contributed by atoms with Gasteiger partial charge in [0, 0.05) is 6.54 Å². The molecule has 0 fully saturated rings. The van der Waals surface area contributed by atoms with Gasteiger partial charge in [0.2, 0.25) is 0 Å². The van der Waals surface area contributed by atoms with Crippen LogP contribution in [-0.2, 0) is 4.74 Å². The van der Waals surface area contributed by atoms with E-state index in [0.29, 0.717) is 13.2 Å². The fourth-order valence-corrected chi connectivity index (χ4v) is 1.42. The van der Waals surface area contributed by atoms with Gasteiger partial charge in [-0.05, 0) is 26.0 Å². The Bertz CT molecular complexity index is 429. The highest BCUT2D eigenvalue weighted by Gasteiger charge is 2.14. The molecule has 5 nitrogen and oxygen atoms in total. The van der Waals surface area contributed by atoms with Gasteiger partial charge in [-0.2, -0.15) is 0 Å². The fraction of sp³-hybridized carbons (Fsp3) is 0.385. The summed E-state index contributed by atoms with van der Waals surface area (Å²) in [7, 11) is 0. The summed E-state index contributed by atoms with van der Waals surface area (Å²) in [6, 6.07) is 6.11. The van der Waals surface area contributed by atoms with Gasteiger partial charge in [-0.1, -0.05) is 12.1 Å². The summed E-state index contributed by atoms with van der Waals surface area (Å²) in [5.74, 6) is -1.51. The molecule has 98 valence electrons. The van der Waals surface area contributed by atoms with Crippen LogP contribution in [0.1, 0.15) is 34.6 Å². The number of ether oxygens (including phenoxy) is 1. The molecule has 0 radical (unpaired) electrons. The second kappa shape index (κ2) is 6.76. The highest BCUT2D eigenvalue weighted by atomic mass is 16.5. The van der Waals surface area contributed by atoms with Gasteiger partial charge < -0.3 is 15.2 Å². The molecule has 1 amide bonds. The zero-order chi connectivity index (χ0) is 13.5. The van der Waals surface area contributed by atoms with Crippen LogP contribution in [0.5, 0.6) is 0 Å². The molecule has 0 saturated carbocycles. The Balaban J connectivity index is 2.59. The van der Waals surface area contributed by atoms with Crippen molar-refractivity contribution < 1.29 is 19.4 Å². The maximum Gasteiger partial charge on any atom is 0.336 e. The highest BCUT2D eigenvalue weighted by molar-refractivity contribution is 6.04. The second-order valence-corrected chi connectivity index (χ2v) is 4.03. The summed E-state index contributed by atoms with van der Waals surface area (Å²) in [6.07, 6.45) is 0.105. The highest BCUT2D eigenvalue weighted by Crippen LogP contribution is 2.08. The maximum atomic E-state index is 11.8. The van der Waals surface area contributed by atoms with E-state index in [4.69, 9.17) is 9.84 Å². The molecule has 1 aromatic rings. The molecule has 0 aliphatic carbocycles. The lowest BCUT2D eigenvalue weighted by molar-refractivity contribution is 0.0687. The molecule has 0 aliphatic rings. The standard InChI is InChI=1S/C13H17NO4/c1-9(2)18-8-7-14-12(15)10-5-3-4-6-11(10)13(16)17/h3-6,9H,7-8H2,1-2H3,(H,14,15)(H,16,17). The Morgan fingerprint density at radius 2 is 1.89 bits per heavy atom. The molecule has 2 N–H and O–H groups in total. The number of hydrogen-bond acceptors (Lipinski definition) is 3. The van der Waals surface area contributed by atoms with E-state index in [1.807, 2.05) is 13.8 Å². The second-order valence-electron chi connectivity index (χ2n) is 4.03. The first-order valence-corrected chi connectivity index (χ1v) is 5.74. The number of amides is 1. The van der Waals surface area contributed by atoms with Crippen molar-refractivity contribution in [3.05, 3.63) is 35.4 Å². The van der Waals surface area contributed by atoms with E-state index in [1.54, 1.807) is 12.1 Å². The van der Waals surface area contributed by atoms with Crippen LogP contribution in [0, 0.1) is 0 Å². The first kappa shape index (κ1) is 14.2. The molecule has 0 heterocycles. The maximum absolute atomic E-state index is 11.8. The normalized spacial score (nSPS) is 10.4. The lowest BCUT2D eigenvalue weighted by Gasteiger charge is -2.09. The molecule has 0 aromatic heterocycles. The van der Waals surface area contributed by atoms with Crippen molar-refractivity contribution in [2.45, 2.75) is 20.0 Å². The number of carboxylic acids is 1.